The summed E-state index contributed by atoms with van der Waals surface area (Å²) in [4.78, 5) is 269. The minimum Gasteiger partial charge on any atom is -0.394 e. The fourth-order valence-electron chi connectivity index (χ4n) is 16.8. The van der Waals surface area contributed by atoms with E-state index in [0.29, 0.717) is 70.4 Å². The van der Waals surface area contributed by atoms with Crippen LogP contribution in [-0.4, -0.2) is 317 Å². The summed E-state index contributed by atoms with van der Waals surface area (Å²) in [6.45, 7) is 5.75. The van der Waals surface area contributed by atoms with E-state index >= 15 is 38.4 Å². The van der Waals surface area contributed by atoms with Crippen LogP contribution in [0.4, 0.5) is 8.78 Å². The molecule has 9 rings (SSSR count). The number of hydrogen-bond acceptors (Lipinski definition) is 22. The molecule has 23 N–H and O–H groups in total. The van der Waals surface area contributed by atoms with E-state index in [1.807, 2.05) is 13.8 Å². The molecule has 3 saturated heterocycles. The van der Waals surface area contributed by atoms with Crippen molar-refractivity contribution in [2.45, 2.75) is 234 Å². The Morgan fingerprint density at radius 3 is 1.71 bits per heavy atom. The number of primary amides is 2. The van der Waals surface area contributed by atoms with E-state index in [1.54, 1.807) is 74.8 Å². The maximum atomic E-state index is 15.8. The number of H-pyrrole nitrogens is 3. The van der Waals surface area contributed by atoms with E-state index in [1.165, 1.54) is 33.4 Å². The lowest BCUT2D eigenvalue weighted by Gasteiger charge is -2.36. The van der Waals surface area contributed by atoms with Gasteiger partial charge in [-0.15, -0.1) is 11.8 Å². The Labute approximate surface area is 793 Å². The van der Waals surface area contributed by atoms with E-state index in [0.717, 1.165) is 49.7 Å². The predicted octanol–water partition coefficient (Wildman–Crippen LogP) is -2.36. The molecule has 3 aliphatic heterocycles. The van der Waals surface area contributed by atoms with Crippen molar-refractivity contribution in [2.24, 2.45) is 23.1 Å². The van der Waals surface area contributed by atoms with Crippen LogP contribution in [0.5, 0.6) is 0 Å². The lowest BCUT2D eigenvalue weighted by Crippen LogP contribution is -2.62. The molecule has 6 heterocycles. The van der Waals surface area contributed by atoms with Crippen LogP contribution in [0.15, 0.2) is 91.5 Å². The second-order valence-electron chi connectivity index (χ2n) is 35.0. The van der Waals surface area contributed by atoms with Crippen LogP contribution in [0.25, 0.3) is 21.8 Å². The highest BCUT2D eigenvalue weighted by Gasteiger charge is 2.47. The zero-order chi connectivity index (χ0) is 100. The van der Waals surface area contributed by atoms with Crippen molar-refractivity contribution < 1.29 is 101 Å². The van der Waals surface area contributed by atoms with Crippen molar-refractivity contribution in [2.75, 3.05) is 65.4 Å². The number of aromatic nitrogens is 4. The number of aliphatic hydroxyl groups is 2. The summed E-state index contributed by atoms with van der Waals surface area (Å²) < 4.78 is 29.4. The number of nitrogens with zero attached hydrogens (tertiary/aromatic N) is 6. The molecule has 0 radical (unpaired) electrons. The van der Waals surface area contributed by atoms with Crippen LogP contribution in [-0.2, 0) is 107 Å². The molecule has 6 aromatic rings. The number of carbonyl (C=O) groups excluding carboxylic acids is 17. The smallest absolute Gasteiger partial charge is 0.246 e. The average Bonchev–Trinajstić information content (AvgIpc) is 1.76. The molecule has 43 nitrogen and oxygen atoms in total. The summed E-state index contributed by atoms with van der Waals surface area (Å²) >= 11 is 0.686. The number of rotatable bonds is 26. The number of para-hydroxylation sites is 2. The number of guanidine groups is 1. The van der Waals surface area contributed by atoms with Gasteiger partial charge in [0.2, 0.25) is 100 Å². The van der Waals surface area contributed by atoms with Crippen molar-refractivity contribution in [3.63, 3.8) is 0 Å². The highest BCUT2D eigenvalue weighted by Crippen LogP contribution is 2.28. The number of aromatic amines is 3. The van der Waals surface area contributed by atoms with Crippen LogP contribution in [0.1, 0.15) is 141 Å². The van der Waals surface area contributed by atoms with Crippen molar-refractivity contribution in [1.82, 2.24) is 103 Å². The predicted molar refractivity (Wildman–Crippen MR) is 498 cm³/mol. The Kier molecular flexibility index (Phi) is 39.7. The van der Waals surface area contributed by atoms with Crippen molar-refractivity contribution in [3.05, 3.63) is 126 Å². The molecule has 3 aromatic carbocycles. The lowest BCUT2D eigenvalue weighted by molar-refractivity contribution is -0.149. The quantitative estimate of drug-likeness (QED) is 0.0153. The highest BCUT2D eigenvalue weighted by molar-refractivity contribution is 8.00. The van der Waals surface area contributed by atoms with Gasteiger partial charge in [0.05, 0.1) is 31.4 Å². The SMILES string of the molecule is CCCC[C@H]1C(=O)N(C)[C@@H](CCCC)C(=O)N[C@@H](CCCNC(=N)N)C(=O)N[C@H](C(=O)NCC(N)=O)CSCC(=O)N[C@@H](Cc2ccc(F)c(F)c2)C(=O)N(C)[C@@H](C)C(=O)N[C@@H](CC(N)=O)C(=O)N2CCC[C@H]2C(=O)N[C@@H](Cc2ncc[nH]2)C(=O)N[C@@H](CC(C)C)C(=O)N2C[C@H](O)CC2C(=O)N[C@@H](Cc2c[nH]c3ccccc23)C(=O)N[C@@H](CO)C(=O)N[C@@H](Cc2c[nH]c3ccccc23)C(=O)N1C. The van der Waals surface area contributed by atoms with Crippen molar-refractivity contribution >= 4 is 140 Å². The third-order valence-electron chi connectivity index (χ3n) is 24.3. The van der Waals surface area contributed by atoms with E-state index in [9.17, 15) is 62.1 Å². The summed E-state index contributed by atoms with van der Waals surface area (Å²) in [6.07, 6.45) is 3.01. The number of nitrogens with two attached hydrogens (primary N) is 3. The summed E-state index contributed by atoms with van der Waals surface area (Å²) in [5, 5.41) is 60.4. The first-order valence-corrected chi connectivity index (χ1v) is 46.8. The van der Waals surface area contributed by atoms with Gasteiger partial charge in [-0.2, -0.15) is 0 Å². The highest BCUT2D eigenvalue weighted by atomic mass is 32.2. The number of imidazole rings is 1. The van der Waals surface area contributed by atoms with Crippen LogP contribution in [0, 0.1) is 23.0 Å². The van der Waals surface area contributed by atoms with Crippen molar-refractivity contribution in [3.8, 4) is 0 Å². The maximum absolute atomic E-state index is 15.8. The van der Waals surface area contributed by atoms with Crippen LogP contribution >= 0.6 is 11.8 Å². The van der Waals surface area contributed by atoms with Crippen LogP contribution < -0.4 is 75.7 Å². The molecule has 744 valence electrons. The van der Waals surface area contributed by atoms with E-state index < -0.39 is 259 Å². The number of hydrogen-bond donors (Lipinski definition) is 20. The number of fused-ring (bicyclic) bond motifs is 4. The van der Waals surface area contributed by atoms with Gasteiger partial charge in [-0.25, -0.2) is 13.8 Å². The van der Waals surface area contributed by atoms with Gasteiger partial charge in [0.1, 0.15) is 90.4 Å². The number of nitrogens with one attached hydrogen (secondary N) is 15. The Bertz CT molecular complexity index is 5330. The minimum absolute atomic E-state index is 0.00516. The number of aliphatic hydroxyl groups excluding tert-OH is 2. The van der Waals surface area contributed by atoms with Gasteiger partial charge in [0.25, 0.3) is 0 Å². The fourth-order valence-corrected chi connectivity index (χ4v) is 17.7. The molecular formula is C91H126F2N24O19S. The molecule has 3 fully saturated rings. The number of carbonyl (C=O) groups is 17. The summed E-state index contributed by atoms with van der Waals surface area (Å²) in [7, 11) is 3.78. The molecular weight excluding hydrogens is 1800 g/mol. The second kappa shape index (κ2) is 50.8. The van der Waals surface area contributed by atoms with Gasteiger partial charge in [0, 0.05) is 125 Å². The fraction of sp³-hybridized carbons (Fsp3) is 0.527. The molecule has 1 unspecified atom stereocenters. The number of benzene rings is 3. The molecule has 137 heavy (non-hydrogen) atoms. The van der Waals surface area contributed by atoms with Gasteiger partial charge in [-0.05, 0) is 98.7 Å². The Morgan fingerprint density at radius 2 is 1.11 bits per heavy atom. The normalized spacial score (nSPS) is 24.6. The van der Waals surface area contributed by atoms with Crippen LogP contribution in [0.2, 0.25) is 0 Å². The molecule has 3 aliphatic rings. The molecule has 0 saturated carbocycles. The Hall–Kier alpha value is -13.7. The average molecular weight is 1930 g/mol. The van der Waals surface area contributed by atoms with Gasteiger partial charge < -0.3 is 125 Å². The first kappa shape index (κ1) is 107. The zero-order valence-electron chi connectivity index (χ0n) is 77.8. The standard InChI is InChI=1S/C91H126F2N24O19S/c1-9-11-24-69-83(129)105-60(23-17-29-100-91(96)97)79(125)112-68(78(124)103-43-74(95)121)46-137-47-76(122)104-64(35-50-27-28-56(92)57(93)34-50)86(132)113(6)49(5)77(123)108-66(39-73(94)120)88(134)116-32-18-26-70(116)84(130)107-62(40-75-98-30-31-99-75)81(127)109-63(33-48(3)4)89(135)117-44-53(119)38-72(117)85(131)106-61(36-51-41-101-58-21-15-13-19-54(51)58)80(126)111-67(45-118)82(128)110-65(37-52-42-102-59-22-16-14-20-55(52)59)87(133)115(8)71(25-12-10-2)90(136)114(69)7/h13-16,19-22,27-28,30-31,34,41-42,48-49,53,60-72,101-102,118-119H,9-12,17-18,23-26,29,32-33,35-40,43-47H2,1-8H3,(H2,94,120)(H2,95,121)(H,98,99)(H,103,124)(H,104,122)(H,105,129)(H,106,131)(H,107,130)(H,108,123)(H,109,127)(H,110,128)(H,111,126)(H,112,125)(H4,96,97,100)/t49-,53+,60-,61-,62-,63-,64-,65-,66-,67-,68-,69-,70-,71-,72?/m0/s1. The summed E-state index contributed by atoms with van der Waals surface area (Å²) in [6, 6.07) is -5.96. The molecule has 0 spiro atoms. The second-order valence-corrected chi connectivity index (χ2v) is 36.0. The lowest BCUT2D eigenvalue weighted by atomic mass is 10.00. The monoisotopic (exact) mass is 1930 g/mol. The molecule has 15 atom stereocenters. The number of halogens is 2. The molecule has 46 heteroatoms. The first-order valence-electron chi connectivity index (χ1n) is 45.6. The minimum atomic E-state index is -1.91. The van der Waals surface area contributed by atoms with Gasteiger partial charge in [-0.3, -0.25) is 86.9 Å². The van der Waals surface area contributed by atoms with Gasteiger partial charge in [0.15, 0.2) is 17.6 Å². The van der Waals surface area contributed by atoms with Crippen LogP contribution in [0.3, 0.4) is 0 Å². The van der Waals surface area contributed by atoms with E-state index in [2.05, 4.69) is 78.4 Å². The Morgan fingerprint density at radius 1 is 0.562 bits per heavy atom. The zero-order valence-corrected chi connectivity index (χ0v) is 78.6. The maximum Gasteiger partial charge on any atom is 0.246 e. The van der Waals surface area contributed by atoms with E-state index in [4.69, 9.17) is 22.6 Å². The van der Waals surface area contributed by atoms with Crippen molar-refractivity contribution in [1.29, 1.82) is 5.41 Å². The third kappa shape index (κ3) is 29.7. The molecule has 0 bridgehead atoms. The van der Waals surface area contributed by atoms with Gasteiger partial charge >= 0.3 is 0 Å². The topological polar surface area (TPSA) is 641 Å². The largest absolute Gasteiger partial charge is 0.394 e. The number of thioether (sulfide) groups is 1. The molecule has 3 aromatic heterocycles. The number of unbranched alkanes of at least 4 members (excludes halogenated alkanes) is 2. The summed E-state index contributed by atoms with van der Waals surface area (Å²) in [5.74, 6) is -21.3. The van der Waals surface area contributed by atoms with Gasteiger partial charge in [-0.1, -0.05) is 95.8 Å². The number of likely N-dealkylation sites (N-methyl/N-ethyl adjacent to an activating group) is 3. The van der Waals surface area contributed by atoms with E-state index in [-0.39, 0.29) is 94.6 Å². The Balaban J connectivity index is 1.11. The third-order valence-corrected chi connectivity index (χ3v) is 25.4. The first-order chi connectivity index (χ1) is 65.2. The molecule has 17 amide bonds. The summed E-state index contributed by atoms with van der Waals surface area (Å²) in [5.41, 5.74) is 18.9. The molecule has 0 aliphatic carbocycles. The number of amides is 17.